The van der Waals surface area contributed by atoms with E-state index in [4.69, 9.17) is 21.1 Å². The first-order valence-electron chi connectivity index (χ1n) is 10.4. The molecule has 172 valence electrons. The minimum atomic E-state index is -0.660. The molecule has 0 radical (unpaired) electrons. The van der Waals surface area contributed by atoms with Crippen LogP contribution in [0.3, 0.4) is 0 Å². The van der Waals surface area contributed by atoms with Gasteiger partial charge in [-0.3, -0.25) is 9.59 Å². The van der Waals surface area contributed by atoms with E-state index in [1.165, 1.54) is 7.11 Å². The SMILES string of the molecule is COc1ccccc1N1C(=O)C(Cl)=C(Nc2ccc(C(=O)Oc3cc(C)cc(C)c3)cc2)C1=O. The highest BCUT2D eigenvalue weighted by molar-refractivity contribution is 6.53. The number of para-hydroxylation sites is 2. The van der Waals surface area contributed by atoms with Crippen LogP contribution in [0.4, 0.5) is 11.4 Å². The molecule has 1 heterocycles. The molecule has 4 rings (SSSR count). The maximum Gasteiger partial charge on any atom is 0.343 e. The van der Waals surface area contributed by atoms with E-state index >= 15 is 0 Å². The molecule has 3 aromatic rings. The molecule has 0 saturated carbocycles. The summed E-state index contributed by atoms with van der Waals surface area (Å²) in [6, 6.07) is 18.5. The van der Waals surface area contributed by atoms with Crippen molar-refractivity contribution in [3.8, 4) is 11.5 Å². The number of imide groups is 1. The number of carbonyl (C=O) groups excluding carboxylic acids is 3. The van der Waals surface area contributed by atoms with Gasteiger partial charge < -0.3 is 14.8 Å². The Morgan fingerprint density at radius 1 is 0.912 bits per heavy atom. The summed E-state index contributed by atoms with van der Waals surface area (Å²) in [6.07, 6.45) is 0. The number of nitrogens with one attached hydrogen (secondary N) is 1. The second-order valence-electron chi connectivity index (χ2n) is 7.72. The molecular formula is C26H21ClN2O5. The lowest BCUT2D eigenvalue weighted by Gasteiger charge is -2.17. The molecule has 3 aromatic carbocycles. The Morgan fingerprint density at radius 3 is 2.21 bits per heavy atom. The maximum atomic E-state index is 13.0. The lowest BCUT2D eigenvalue weighted by atomic mass is 10.1. The van der Waals surface area contributed by atoms with Crippen LogP contribution in [0.15, 0.2) is 77.5 Å². The van der Waals surface area contributed by atoms with Gasteiger partial charge in [0.2, 0.25) is 0 Å². The molecule has 0 saturated heterocycles. The van der Waals surface area contributed by atoms with Gasteiger partial charge in [-0.2, -0.15) is 0 Å². The monoisotopic (exact) mass is 476 g/mol. The highest BCUT2D eigenvalue weighted by atomic mass is 35.5. The van der Waals surface area contributed by atoms with Crippen LogP contribution in [-0.4, -0.2) is 24.9 Å². The number of hydrogen-bond acceptors (Lipinski definition) is 6. The number of rotatable bonds is 6. The number of hydrogen-bond donors (Lipinski definition) is 1. The fourth-order valence-electron chi connectivity index (χ4n) is 3.64. The molecule has 1 N–H and O–H groups in total. The van der Waals surface area contributed by atoms with E-state index in [2.05, 4.69) is 5.32 Å². The number of halogens is 1. The zero-order valence-electron chi connectivity index (χ0n) is 18.7. The zero-order valence-corrected chi connectivity index (χ0v) is 19.5. The van der Waals surface area contributed by atoms with Gasteiger partial charge in [0.15, 0.2) is 0 Å². The molecule has 34 heavy (non-hydrogen) atoms. The van der Waals surface area contributed by atoms with Gasteiger partial charge in [0.25, 0.3) is 11.8 Å². The van der Waals surface area contributed by atoms with Gasteiger partial charge in [-0.1, -0.05) is 29.8 Å². The average molecular weight is 477 g/mol. The predicted octanol–water partition coefficient (Wildman–Crippen LogP) is 4.97. The minimum Gasteiger partial charge on any atom is -0.495 e. The van der Waals surface area contributed by atoms with Gasteiger partial charge in [-0.15, -0.1) is 0 Å². The number of nitrogens with zero attached hydrogens (tertiary/aromatic N) is 1. The van der Waals surface area contributed by atoms with Crippen molar-refractivity contribution in [1.82, 2.24) is 0 Å². The zero-order chi connectivity index (χ0) is 24.4. The number of methoxy groups -OCH3 is 1. The number of benzene rings is 3. The summed E-state index contributed by atoms with van der Waals surface area (Å²) in [5.41, 5.74) is 3.01. The van der Waals surface area contributed by atoms with Gasteiger partial charge in [0, 0.05) is 5.69 Å². The van der Waals surface area contributed by atoms with Crippen molar-refractivity contribution in [2.24, 2.45) is 0 Å². The van der Waals surface area contributed by atoms with Gasteiger partial charge in [-0.25, -0.2) is 9.69 Å². The normalized spacial score (nSPS) is 13.4. The number of esters is 1. The molecule has 1 aliphatic rings. The summed E-state index contributed by atoms with van der Waals surface area (Å²) >= 11 is 6.20. The quantitative estimate of drug-likeness (QED) is 0.307. The van der Waals surface area contributed by atoms with Gasteiger partial charge in [0.1, 0.15) is 22.2 Å². The fourth-order valence-corrected chi connectivity index (χ4v) is 3.85. The van der Waals surface area contributed by atoms with Crippen molar-refractivity contribution in [3.63, 3.8) is 0 Å². The number of anilines is 2. The molecule has 7 nitrogen and oxygen atoms in total. The Balaban J connectivity index is 1.50. The molecule has 0 unspecified atom stereocenters. The summed E-state index contributed by atoms with van der Waals surface area (Å²) in [5.74, 6) is -0.955. The van der Waals surface area contributed by atoms with Gasteiger partial charge in [0.05, 0.1) is 18.4 Å². The van der Waals surface area contributed by atoms with E-state index in [1.54, 1.807) is 60.7 Å². The molecule has 2 amide bonds. The van der Waals surface area contributed by atoms with Gasteiger partial charge >= 0.3 is 5.97 Å². The lowest BCUT2D eigenvalue weighted by molar-refractivity contribution is -0.120. The van der Waals surface area contributed by atoms with Crippen molar-refractivity contribution >= 4 is 40.8 Å². The topological polar surface area (TPSA) is 84.9 Å². The standard InChI is InChI=1S/C26H21ClN2O5/c1-15-12-16(2)14-19(13-15)34-26(32)17-8-10-18(11-9-17)28-23-22(27)24(30)29(25(23)31)20-6-4-5-7-21(20)33-3/h4-14,28H,1-3H3. The molecule has 0 spiro atoms. The Bertz CT molecular complexity index is 1310. The molecular weight excluding hydrogens is 456 g/mol. The van der Waals surface area contributed by atoms with Crippen LogP contribution < -0.4 is 19.7 Å². The first-order valence-corrected chi connectivity index (χ1v) is 10.8. The van der Waals surface area contributed by atoms with Crippen molar-refractivity contribution in [2.75, 3.05) is 17.3 Å². The molecule has 0 aromatic heterocycles. The minimum absolute atomic E-state index is 0.0665. The van der Waals surface area contributed by atoms with E-state index < -0.39 is 17.8 Å². The smallest absolute Gasteiger partial charge is 0.343 e. The highest BCUT2D eigenvalue weighted by Crippen LogP contribution is 2.35. The number of aryl methyl sites for hydroxylation is 2. The summed E-state index contributed by atoms with van der Waals surface area (Å²) < 4.78 is 10.7. The Hall–Kier alpha value is -4.10. The third kappa shape index (κ3) is 4.51. The van der Waals surface area contributed by atoms with Crippen LogP contribution in [0.5, 0.6) is 11.5 Å². The second kappa shape index (κ2) is 9.41. The first-order chi connectivity index (χ1) is 16.3. The van der Waals surface area contributed by atoms with Crippen LogP contribution in [0.25, 0.3) is 0 Å². The van der Waals surface area contributed by atoms with E-state index in [0.717, 1.165) is 16.0 Å². The third-order valence-corrected chi connectivity index (χ3v) is 5.50. The summed E-state index contributed by atoms with van der Waals surface area (Å²) in [7, 11) is 1.45. The maximum absolute atomic E-state index is 13.0. The number of amides is 2. The fraction of sp³-hybridized carbons (Fsp3) is 0.115. The average Bonchev–Trinajstić information content (AvgIpc) is 3.01. The third-order valence-electron chi connectivity index (χ3n) is 5.15. The Kier molecular flexibility index (Phi) is 6.38. The van der Waals surface area contributed by atoms with Crippen LogP contribution in [0, 0.1) is 13.8 Å². The van der Waals surface area contributed by atoms with Crippen molar-refractivity contribution in [2.45, 2.75) is 13.8 Å². The number of ether oxygens (including phenoxy) is 2. The molecule has 1 aliphatic heterocycles. The number of carbonyl (C=O) groups is 3. The summed E-state index contributed by atoms with van der Waals surface area (Å²) in [4.78, 5) is 39.2. The van der Waals surface area contributed by atoms with Crippen molar-refractivity contribution in [1.29, 1.82) is 0 Å². The Labute approximate surface area is 201 Å². The van der Waals surface area contributed by atoms with Crippen molar-refractivity contribution in [3.05, 3.63) is 94.1 Å². The van der Waals surface area contributed by atoms with Crippen LogP contribution >= 0.6 is 11.6 Å². The van der Waals surface area contributed by atoms with E-state index in [-0.39, 0.29) is 10.7 Å². The largest absolute Gasteiger partial charge is 0.495 e. The van der Waals surface area contributed by atoms with Crippen LogP contribution in [-0.2, 0) is 9.59 Å². The first kappa shape index (κ1) is 23.1. The Morgan fingerprint density at radius 2 is 1.56 bits per heavy atom. The lowest BCUT2D eigenvalue weighted by Crippen LogP contribution is -2.32. The van der Waals surface area contributed by atoms with Crippen LogP contribution in [0.1, 0.15) is 21.5 Å². The molecule has 0 bridgehead atoms. The van der Waals surface area contributed by atoms with Crippen LogP contribution in [0.2, 0.25) is 0 Å². The molecule has 0 atom stereocenters. The van der Waals surface area contributed by atoms with Crippen molar-refractivity contribution < 1.29 is 23.9 Å². The molecule has 8 heteroatoms. The second-order valence-corrected chi connectivity index (χ2v) is 8.10. The van der Waals surface area contributed by atoms with E-state index in [1.807, 2.05) is 19.9 Å². The highest BCUT2D eigenvalue weighted by Gasteiger charge is 2.40. The predicted molar refractivity (Wildman–Crippen MR) is 129 cm³/mol. The molecule has 0 fully saturated rings. The summed E-state index contributed by atoms with van der Waals surface area (Å²) in [5, 5.41) is 2.64. The molecule has 0 aliphatic carbocycles. The van der Waals surface area contributed by atoms with Gasteiger partial charge in [-0.05, 0) is 73.5 Å². The van der Waals surface area contributed by atoms with E-state index in [9.17, 15) is 14.4 Å². The summed E-state index contributed by atoms with van der Waals surface area (Å²) in [6.45, 7) is 3.85. The van der Waals surface area contributed by atoms with E-state index in [0.29, 0.717) is 28.4 Å².